The minimum absolute atomic E-state index is 0. The number of ether oxygens (including phenoxy) is 1. The fourth-order valence-electron chi connectivity index (χ4n) is 3.35. The van der Waals surface area contributed by atoms with E-state index < -0.39 is 23.3 Å². The van der Waals surface area contributed by atoms with E-state index in [1.165, 1.54) is 38.6 Å². The maximum Gasteiger partial charge on any atom is 1.00 e. The molecular weight excluding hydrogens is 482 g/mol. The first-order valence-corrected chi connectivity index (χ1v) is 12.3. The third-order valence-corrected chi connectivity index (χ3v) is 6.84. The molecule has 0 amide bonds. The average molecular weight is 515 g/mol. The quantitative estimate of drug-likeness (QED) is 0.177. The Morgan fingerprint density at radius 1 is 1.23 bits per heavy atom. The van der Waals surface area contributed by atoms with Gasteiger partial charge in [0.2, 0.25) is 0 Å². The van der Waals surface area contributed by atoms with Crippen LogP contribution in [-0.4, -0.2) is 40.4 Å². The summed E-state index contributed by atoms with van der Waals surface area (Å²) in [7, 11) is 0. The van der Waals surface area contributed by atoms with E-state index in [0.717, 1.165) is 6.42 Å². The normalized spacial score (nSPS) is 12.1. The van der Waals surface area contributed by atoms with Crippen LogP contribution in [0.15, 0.2) is 35.2 Å². The molecule has 2 aromatic carbocycles. The number of aliphatic hydroxyl groups is 1. The second-order valence-corrected chi connectivity index (χ2v) is 9.93. The number of hydrogen-bond acceptors (Lipinski definition) is 7. The number of Topliss-reactive ketones (excluding diaryl/α,β-unsaturated/α-hetero) is 1. The van der Waals surface area contributed by atoms with Crippen LogP contribution < -0.4 is 39.4 Å². The summed E-state index contributed by atoms with van der Waals surface area (Å²) in [6, 6.07) is 7.86. The summed E-state index contributed by atoms with van der Waals surface area (Å²) in [6.07, 6.45) is 0.813. The number of aliphatic carboxylic acids is 1. The van der Waals surface area contributed by atoms with E-state index in [2.05, 4.69) is 0 Å². The summed E-state index contributed by atoms with van der Waals surface area (Å²) in [5.74, 6) is -0.891. The number of rotatable bonds is 13. The zero-order valence-corrected chi connectivity index (χ0v) is 23.8. The molecule has 1 unspecified atom stereocenters. The number of carboxylic acids is 1. The van der Waals surface area contributed by atoms with Crippen LogP contribution in [0.2, 0.25) is 0 Å². The van der Waals surface area contributed by atoms with Gasteiger partial charge in [0, 0.05) is 27.6 Å². The molecule has 0 aliphatic heterocycles. The maximum atomic E-state index is 14.5. The Labute approximate surface area is 232 Å². The van der Waals surface area contributed by atoms with Crippen molar-refractivity contribution in [3.05, 3.63) is 52.8 Å². The Morgan fingerprint density at radius 3 is 2.49 bits per heavy atom. The van der Waals surface area contributed by atoms with Crippen molar-refractivity contribution >= 4 is 23.5 Å². The third-order valence-electron chi connectivity index (χ3n) is 5.71. The summed E-state index contributed by atoms with van der Waals surface area (Å²) in [5.41, 5.74) is -0.0387. The van der Waals surface area contributed by atoms with E-state index in [9.17, 15) is 29.3 Å². The Morgan fingerprint density at radius 2 is 1.91 bits per heavy atom. The number of thioether (sulfide) groups is 1. The minimum Gasteiger partial charge on any atom is -0.549 e. The summed E-state index contributed by atoms with van der Waals surface area (Å²) in [5, 5.41) is 31.7. The number of aliphatic hydroxyl groups excluding tert-OH is 1. The molecule has 186 valence electrons. The molecule has 0 radical (unpaired) electrons. The van der Waals surface area contributed by atoms with Crippen LogP contribution in [0.5, 0.6) is 11.5 Å². The topological polar surface area (TPSA) is 107 Å². The van der Waals surface area contributed by atoms with E-state index in [1.807, 2.05) is 6.92 Å². The van der Waals surface area contributed by atoms with Gasteiger partial charge < -0.3 is 24.9 Å². The number of benzene rings is 2. The largest absolute Gasteiger partial charge is 1.00 e. The SMILES string of the molecule is CCCc1c(OCCCSc2ccc(CC(O)C(C)(C)C(=O)[O-])cc2F)ccc(C(C)=O)c1O.[Na+]. The first-order valence-electron chi connectivity index (χ1n) is 11.3. The fraction of sp³-hybridized carbons (Fsp3) is 0.462. The van der Waals surface area contributed by atoms with Gasteiger partial charge in [-0.15, -0.1) is 11.8 Å². The monoisotopic (exact) mass is 514 g/mol. The molecule has 0 aliphatic carbocycles. The van der Waals surface area contributed by atoms with Gasteiger partial charge in [-0.2, -0.15) is 0 Å². The molecule has 2 aromatic rings. The fourth-order valence-corrected chi connectivity index (χ4v) is 4.20. The van der Waals surface area contributed by atoms with Gasteiger partial charge in [-0.05, 0) is 56.0 Å². The van der Waals surface area contributed by atoms with Crippen molar-refractivity contribution in [3.63, 3.8) is 0 Å². The average Bonchev–Trinajstić information content (AvgIpc) is 2.76. The summed E-state index contributed by atoms with van der Waals surface area (Å²) in [4.78, 5) is 23.3. The molecule has 1 atom stereocenters. The number of phenolic OH excluding ortho intramolecular Hbond substituents is 1. The summed E-state index contributed by atoms with van der Waals surface area (Å²) < 4.78 is 20.3. The van der Waals surface area contributed by atoms with Crippen LogP contribution in [0, 0.1) is 11.2 Å². The number of ketones is 1. The van der Waals surface area contributed by atoms with Crippen LogP contribution in [0.25, 0.3) is 0 Å². The number of halogens is 1. The van der Waals surface area contributed by atoms with Crippen molar-refractivity contribution < 1.29 is 63.6 Å². The Balaban J connectivity index is 0.00000612. The van der Waals surface area contributed by atoms with Crippen LogP contribution in [0.3, 0.4) is 0 Å². The first kappa shape index (κ1) is 31.4. The van der Waals surface area contributed by atoms with Gasteiger partial charge in [-0.1, -0.05) is 33.3 Å². The Kier molecular flexibility index (Phi) is 12.8. The number of carboxylic acid groups (broad SMARTS) is 1. The molecule has 2 rings (SSSR count). The van der Waals surface area contributed by atoms with E-state index in [-0.39, 0.29) is 53.1 Å². The van der Waals surface area contributed by atoms with Crippen molar-refractivity contribution in [1.82, 2.24) is 0 Å². The van der Waals surface area contributed by atoms with Gasteiger partial charge in [0.25, 0.3) is 0 Å². The summed E-state index contributed by atoms with van der Waals surface area (Å²) >= 11 is 1.33. The maximum absolute atomic E-state index is 14.5. The van der Waals surface area contributed by atoms with Crippen molar-refractivity contribution in [2.45, 2.75) is 64.4 Å². The van der Waals surface area contributed by atoms with Gasteiger partial charge in [-0.25, -0.2) is 4.39 Å². The van der Waals surface area contributed by atoms with Crippen molar-refractivity contribution in [2.75, 3.05) is 12.4 Å². The number of hydrogen-bond donors (Lipinski definition) is 2. The molecule has 0 saturated heterocycles. The van der Waals surface area contributed by atoms with Gasteiger partial charge in [0.05, 0.1) is 18.3 Å². The molecule has 0 saturated carbocycles. The molecule has 6 nitrogen and oxygen atoms in total. The van der Waals surface area contributed by atoms with E-state index >= 15 is 0 Å². The zero-order chi connectivity index (χ0) is 25.5. The molecule has 0 bridgehead atoms. The van der Waals surface area contributed by atoms with Crippen LogP contribution in [0.4, 0.5) is 4.39 Å². The van der Waals surface area contributed by atoms with Crippen molar-refractivity contribution in [2.24, 2.45) is 5.41 Å². The standard InChI is InChI=1S/C26H33FO6S.Na/c1-5-7-19-21(10-9-18(16(2)28)24(19)30)33-12-6-13-34-22-11-8-17(14-20(22)27)15-23(29)26(3,4)25(31)32;/h8-11,14,23,29-30H,5-7,12-13,15H2,1-4H3,(H,31,32);/q;+1/p-1. The van der Waals surface area contributed by atoms with Crippen LogP contribution in [-0.2, 0) is 17.6 Å². The van der Waals surface area contributed by atoms with E-state index in [1.54, 1.807) is 24.3 Å². The molecule has 35 heavy (non-hydrogen) atoms. The second kappa shape index (κ2) is 14.2. The molecule has 0 spiro atoms. The van der Waals surface area contributed by atoms with E-state index in [0.29, 0.717) is 47.0 Å². The van der Waals surface area contributed by atoms with Crippen LogP contribution in [0.1, 0.15) is 62.0 Å². The minimum atomic E-state index is -1.44. The molecular formula is C26H32FNaO6S. The molecule has 9 heteroatoms. The first-order chi connectivity index (χ1) is 16.0. The smallest absolute Gasteiger partial charge is 0.549 e. The van der Waals surface area contributed by atoms with Gasteiger partial charge >= 0.3 is 29.6 Å². The van der Waals surface area contributed by atoms with Crippen molar-refractivity contribution in [3.8, 4) is 11.5 Å². The Bertz CT molecular complexity index is 1030. The van der Waals surface area contributed by atoms with Crippen LogP contribution >= 0.6 is 11.8 Å². The summed E-state index contributed by atoms with van der Waals surface area (Å²) in [6.45, 7) is 6.50. The second-order valence-electron chi connectivity index (χ2n) is 8.79. The number of carbonyl (C=O) groups is 2. The molecule has 0 aliphatic rings. The molecule has 0 aromatic heterocycles. The molecule has 2 N–H and O–H groups in total. The molecule has 0 fully saturated rings. The number of aromatic hydroxyl groups is 1. The number of carbonyl (C=O) groups excluding carboxylic acids is 2. The molecule has 0 heterocycles. The van der Waals surface area contributed by atoms with Gasteiger partial charge in [0.1, 0.15) is 17.3 Å². The third kappa shape index (κ3) is 8.50. The van der Waals surface area contributed by atoms with E-state index in [4.69, 9.17) is 4.74 Å². The predicted molar refractivity (Wildman–Crippen MR) is 128 cm³/mol. The van der Waals surface area contributed by atoms with Gasteiger partial charge in [-0.3, -0.25) is 4.79 Å². The zero-order valence-electron chi connectivity index (χ0n) is 21.0. The van der Waals surface area contributed by atoms with Crippen molar-refractivity contribution in [1.29, 1.82) is 0 Å². The Hall–Kier alpha value is -1.58. The predicted octanol–water partition coefficient (Wildman–Crippen LogP) is 0.931. The number of phenols is 1. The van der Waals surface area contributed by atoms with Gasteiger partial charge in [0.15, 0.2) is 5.78 Å².